The van der Waals surface area contributed by atoms with Crippen LogP contribution in [0.1, 0.15) is 12.1 Å². The summed E-state index contributed by atoms with van der Waals surface area (Å²) in [6, 6.07) is 0. The molecule has 11 heavy (non-hydrogen) atoms. The summed E-state index contributed by atoms with van der Waals surface area (Å²) < 4.78 is 35.5. The molecule has 0 radical (unpaired) electrons. The van der Waals surface area contributed by atoms with Crippen molar-refractivity contribution in [3.63, 3.8) is 0 Å². The normalized spacial score (nSPS) is 11.3. The van der Waals surface area contributed by atoms with Crippen LogP contribution in [0.2, 0.25) is 0 Å². The van der Waals surface area contributed by atoms with Crippen LogP contribution in [-0.2, 0) is 11.6 Å². The number of hydrogen-bond donors (Lipinski definition) is 0. The van der Waals surface area contributed by atoms with E-state index in [1.807, 2.05) is 0 Å². The Bertz CT molecular complexity index is 273. The molecule has 0 spiro atoms. The second kappa shape index (κ2) is 3.05. The van der Waals surface area contributed by atoms with Gasteiger partial charge in [-0.15, -0.1) is 0 Å². The predicted molar refractivity (Wildman–Crippen MR) is 35.4 cm³/mol. The molecule has 1 aromatic rings. The molecule has 0 aliphatic heterocycles. The predicted octanol–water partition coefficient (Wildman–Crippen LogP) is 1.27. The zero-order valence-electron chi connectivity index (χ0n) is 5.66. The Hall–Kier alpha value is -0.830. The van der Waals surface area contributed by atoms with Crippen LogP contribution in [-0.4, -0.2) is 9.78 Å². The molecule has 1 rings (SSSR count). The molecule has 0 aliphatic carbocycles. The number of aromatic nitrogens is 2. The Morgan fingerprint density at radius 3 is 2.73 bits per heavy atom. The molecule has 0 atom stereocenters. The molecule has 0 N–H and O–H groups in total. The van der Waals surface area contributed by atoms with Gasteiger partial charge in [-0.05, 0) is 0 Å². The van der Waals surface area contributed by atoms with Gasteiger partial charge in [0.2, 0.25) is 0 Å². The SMILES string of the molecule is Cn1cc(P=O)c(C(F)F)n1. The van der Waals surface area contributed by atoms with Gasteiger partial charge in [-0.2, -0.15) is 5.10 Å². The quantitative estimate of drug-likeness (QED) is 0.639. The molecule has 0 aliphatic rings. The first-order valence-electron chi connectivity index (χ1n) is 2.80. The molecular weight excluding hydrogens is 173 g/mol. The van der Waals surface area contributed by atoms with Crippen molar-refractivity contribution in [3.8, 4) is 0 Å². The lowest BCUT2D eigenvalue weighted by molar-refractivity contribution is 0.146. The summed E-state index contributed by atoms with van der Waals surface area (Å²) in [4.78, 5) is 0. The molecule has 60 valence electrons. The van der Waals surface area contributed by atoms with Gasteiger partial charge in [0.25, 0.3) is 6.43 Å². The van der Waals surface area contributed by atoms with Crippen molar-refractivity contribution in [2.45, 2.75) is 6.43 Å². The molecule has 0 unspecified atom stereocenters. The minimum Gasteiger partial charge on any atom is -0.274 e. The molecule has 0 fully saturated rings. The van der Waals surface area contributed by atoms with Gasteiger partial charge < -0.3 is 0 Å². The molecule has 0 saturated carbocycles. The van der Waals surface area contributed by atoms with Gasteiger partial charge in [0.1, 0.15) is 5.69 Å². The first-order chi connectivity index (χ1) is 5.15. The lowest BCUT2D eigenvalue weighted by atomic mass is 10.4. The number of alkyl halides is 2. The maximum Gasteiger partial charge on any atom is 0.283 e. The van der Waals surface area contributed by atoms with E-state index in [2.05, 4.69) is 5.10 Å². The van der Waals surface area contributed by atoms with Gasteiger partial charge in [-0.25, -0.2) is 8.78 Å². The molecular formula is C5H5F2N2OP. The maximum atomic E-state index is 12.0. The van der Waals surface area contributed by atoms with Crippen LogP contribution < -0.4 is 5.30 Å². The molecule has 6 heteroatoms. The number of halogens is 2. The van der Waals surface area contributed by atoms with Gasteiger partial charge in [0.15, 0.2) is 8.46 Å². The van der Waals surface area contributed by atoms with Gasteiger partial charge >= 0.3 is 0 Å². The van der Waals surface area contributed by atoms with E-state index < -0.39 is 20.6 Å². The monoisotopic (exact) mass is 178 g/mol. The highest BCUT2D eigenvalue weighted by Crippen LogP contribution is 2.16. The number of aryl methyl sites for hydroxylation is 1. The summed E-state index contributed by atoms with van der Waals surface area (Å²) in [5.41, 5.74) is -0.413. The minimum atomic E-state index is -2.66. The Morgan fingerprint density at radius 2 is 2.36 bits per heavy atom. The van der Waals surface area contributed by atoms with Gasteiger partial charge in [0, 0.05) is 13.2 Å². The van der Waals surface area contributed by atoms with E-state index in [-0.39, 0.29) is 5.30 Å². The van der Waals surface area contributed by atoms with Crippen LogP contribution in [0.15, 0.2) is 6.20 Å². The van der Waals surface area contributed by atoms with Crippen LogP contribution in [0.4, 0.5) is 8.78 Å². The smallest absolute Gasteiger partial charge is 0.274 e. The van der Waals surface area contributed by atoms with Gasteiger partial charge in [-0.3, -0.25) is 9.25 Å². The van der Waals surface area contributed by atoms with Gasteiger partial charge in [-0.1, -0.05) is 0 Å². The minimum absolute atomic E-state index is 0.0440. The third-order valence-corrected chi connectivity index (χ3v) is 1.68. The molecule has 3 nitrogen and oxygen atoms in total. The Labute approximate surface area is 63.2 Å². The highest BCUT2D eigenvalue weighted by atomic mass is 31.1. The van der Waals surface area contributed by atoms with Crippen molar-refractivity contribution in [3.05, 3.63) is 11.9 Å². The van der Waals surface area contributed by atoms with Crippen LogP contribution in [0.3, 0.4) is 0 Å². The lowest BCUT2D eigenvalue weighted by Gasteiger charge is -1.90. The first-order valence-corrected chi connectivity index (χ1v) is 3.61. The standard InChI is InChI=1S/C5H5F2N2OP/c1-9-2-3(11-10)4(8-9)5(6)7/h2,5H,1H3. The van der Waals surface area contributed by atoms with E-state index in [1.165, 1.54) is 17.9 Å². The fraction of sp³-hybridized carbons (Fsp3) is 0.400. The molecule has 0 aromatic carbocycles. The molecule has 0 saturated heterocycles. The zero-order chi connectivity index (χ0) is 8.43. The number of hydrogen-bond acceptors (Lipinski definition) is 2. The van der Waals surface area contributed by atoms with Crippen LogP contribution in [0.25, 0.3) is 0 Å². The highest BCUT2D eigenvalue weighted by molar-refractivity contribution is 7.34. The summed E-state index contributed by atoms with van der Waals surface area (Å²) >= 11 is 0. The third-order valence-electron chi connectivity index (χ3n) is 1.14. The fourth-order valence-corrected chi connectivity index (χ4v) is 1.17. The van der Waals surface area contributed by atoms with Crippen LogP contribution in [0.5, 0.6) is 0 Å². The van der Waals surface area contributed by atoms with E-state index in [9.17, 15) is 13.3 Å². The summed E-state index contributed by atoms with van der Waals surface area (Å²) in [5.74, 6) is 0. The van der Waals surface area contributed by atoms with Crippen molar-refractivity contribution < 1.29 is 13.3 Å². The topological polar surface area (TPSA) is 34.9 Å². The largest absolute Gasteiger partial charge is 0.283 e. The second-order valence-electron chi connectivity index (χ2n) is 1.97. The summed E-state index contributed by atoms with van der Waals surface area (Å²) in [6.45, 7) is 0. The van der Waals surface area contributed by atoms with Crippen molar-refractivity contribution in [2.24, 2.45) is 7.05 Å². The summed E-state index contributed by atoms with van der Waals surface area (Å²) in [7, 11) is 1.08. The van der Waals surface area contributed by atoms with E-state index in [0.717, 1.165) is 0 Å². The maximum absolute atomic E-state index is 12.0. The second-order valence-corrected chi connectivity index (χ2v) is 2.63. The van der Waals surface area contributed by atoms with E-state index in [0.29, 0.717) is 0 Å². The van der Waals surface area contributed by atoms with Crippen LogP contribution >= 0.6 is 8.46 Å². The van der Waals surface area contributed by atoms with Crippen LogP contribution in [0, 0.1) is 0 Å². The van der Waals surface area contributed by atoms with Gasteiger partial charge in [0.05, 0.1) is 5.30 Å². The summed E-state index contributed by atoms with van der Waals surface area (Å²) in [6.07, 6.45) is -1.36. The van der Waals surface area contributed by atoms with Crippen molar-refractivity contribution in [1.29, 1.82) is 0 Å². The molecule has 0 bridgehead atoms. The van der Waals surface area contributed by atoms with E-state index in [4.69, 9.17) is 0 Å². The van der Waals surface area contributed by atoms with Crippen molar-refractivity contribution in [1.82, 2.24) is 9.78 Å². The third kappa shape index (κ3) is 1.60. The number of nitrogens with zero attached hydrogens (tertiary/aromatic N) is 2. The average molecular weight is 178 g/mol. The first kappa shape index (κ1) is 8.27. The molecule has 1 heterocycles. The summed E-state index contributed by atoms with van der Waals surface area (Å²) in [5, 5.41) is 3.48. The van der Waals surface area contributed by atoms with E-state index in [1.54, 1.807) is 0 Å². The molecule has 0 amide bonds. The Kier molecular flexibility index (Phi) is 2.29. The molecule has 1 aromatic heterocycles. The Balaban J connectivity index is 3.11. The zero-order valence-corrected chi connectivity index (χ0v) is 6.55. The average Bonchev–Trinajstić information content (AvgIpc) is 2.30. The van der Waals surface area contributed by atoms with Crippen molar-refractivity contribution in [2.75, 3.05) is 0 Å². The van der Waals surface area contributed by atoms with E-state index >= 15 is 0 Å². The van der Waals surface area contributed by atoms with Crippen molar-refractivity contribution >= 4 is 13.8 Å². The highest BCUT2D eigenvalue weighted by Gasteiger charge is 2.16. The lowest BCUT2D eigenvalue weighted by Crippen LogP contribution is -1.98. The Morgan fingerprint density at radius 1 is 1.73 bits per heavy atom. The number of rotatable bonds is 2. The fourth-order valence-electron chi connectivity index (χ4n) is 0.719.